The number of hydrogen-bond acceptors (Lipinski definition) is 1. The Morgan fingerprint density at radius 3 is 2.11 bits per heavy atom. The van der Waals surface area contributed by atoms with Gasteiger partial charge < -0.3 is 0 Å². The highest BCUT2D eigenvalue weighted by Gasteiger charge is 2.18. The maximum absolute atomic E-state index is 13.4. The first-order valence-electron chi connectivity index (χ1n) is 5.04. The number of carbonyl (C=O) groups excluding carboxylic acids is 1. The lowest BCUT2D eigenvalue weighted by atomic mass is 10.0. The van der Waals surface area contributed by atoms with Gasteiger partial charge in [0.15, 0.2) is 17.4 Å². The third-order valence-corrected chi connectivity index (χ3v) is 3.04. The van der Waals surface area contributed by atoms with E-state index in [0.717, 1.165) is 18.2 Å². The Kier molecular flexibility index (Phi) is 3.71. The lowest BCUT2D eigenvalue weighted by Gasteiger charge is -2.05. The van der Waals surface area contributed by atoms with Crippen LogP contribution in [0.25, 0.3) is 0 Å². The van der Waals surface area contributed by atoms with Crippen molar-refractivity contribution in [3.05, 3.63) is 69.2 Å². The third-order valence-electron chi connectivity index (χ3n) is 2.44. The van der Waals surface area contributed by atoms with Crippen LogP contribution in [0, 0.1) is 23.3 Å². The first-order valence-corrected chi connectivity index (χ1v) is 5.83. The molecule has 19 heavy (non-hydrogen) atoms. The molecule has 2 aromatic rings. The molecule has 98 valence electrons. The summed E-state index contributed by atoms with van der Waals surface area (Å²) >= 11 is 2.88. The molecule has 0 spiro atoms. The van der Waals surface area contributed by atoms with Gasteiger partial charge in [0.05, 0.1) is 10.0 Å². The minimum absolute atomic E-state index is 0.0151. The summed E-state index contributed by atoms with van der Waals surface area (Å²) in [5.41, 5.74) is -0.657. The van der Waals surface area contributed by atoms with Crippen LogP contribution in [-0.2, 0) is 0 Å². The molecule has 2 aromatic carbocycles. The fourth-order valence-corrected chi connectivity index (χ4v) is 1.87. The molecule has 2 rings (SSSR count). The summed E-state index contributed by atoms with van der Waals surface area (Å²) in [5, 5.41) is 0. The monoisotopic (exact) mass is 332 g/mol. The first kappa shape index (κ1) is 13.7. The van der Waals surface area contributed by atoms with Crippen molar-refractivity contribution in [3.63, 3.8) is 0 Å². The summed E-state index contributed by atoms with van der Waals surface area (Å²) in [6, 6.07) is 4.04. The van der Waals surface area contributed by atoms with Crippen LogP contribution in [0.15, 0.2) is 34.8 Å². The van der Waals surface area contributed by atoms with Gasteiger partial charge in [-0.05, 0) is 40.2 Å². The molecule has 1 nitrogen and oxygen atoms in total. The molecule has 0 aliphatic heterocycles. The molecule has 0 saturated heterocycles. The molecule has 0 aliphatic carbocycles. The molecule has 0 aliphatic rings. The quantitative estimate of drug-likeness (QED) is 0.457. The molecule has 0 atom stereocenters. The van der Waals surface area contributed by atoms with E-state index in [1.54, 1.807) is 0 Å². The van der Waals surface area contributed by atoms with Crippen LogP contribution in [0.4, 0.5) is 17.6 Å². The zero-order chi connectivity index (χ0) is 14.2. The summed E-state index contributed by atoms with van der Waals surface area (Å²) in [7, 11) is 0. The molecule has 6 heteroatoms. The zero-order valence-corrected chi connectivity index (χ0v) is 10.8. The largest absolute Gasteiger partial charge is 0.288 e. The molecule has 0 amide bonds. The standard InChI is InChI=1S/C13H5BrF4O/c14-8-3-6(1-2-9(8)15)13(19)7-4-11(17)12(18)5-10(7)16/h1-5H. The second-order valence-corrected chi connectivity index (χ2v) is 4.56. The predicted molar refractivity (Wildman–Crippen MR) is 63.8 cm³/mol. The number of hydrogen-bond donors (Lipinski definition) is 0. The van der Waals surface area contributed by atoms with Crippen molar-refractivity contribution >= 4 is 21.7 Å². The van der Waals surface area contributed by atoms with Crippen LogP contribution in [0.3, 0.4) is 0 Å². The van der Waals surface area contributed by atoms with Crippen molar-refractivity contribution in [3.8, 4) is 0 Å². The van der Waals surface area contributed by atoms with Gasteiger partial charge >= 0.3 is 0 Å². The highest BCUT2D eigenvalue weighted by atomic mass is 79.9. The number of ketones is 1. The van der Waals surface area contributed by atoms with Gasteiger partial charge in [-0.15, -0.1) is 0 Å². The SMILES string of the molecule is O=C(c1ccc(F)c(Br)c1)c1cc(F)c(F)cc1F. The summed E-state index contributed by atoms with van der Waals surface area (Å²) in [6.45, 7) is 0. The second kappa shape index (κ2) is 5.13. The van der Waals surface area contributed by atoms with E-state index >= 15 is 0 Å². The van der Waals surface area contributed by atoms with E-state index in [2.05, 4.69) is 15.9 Å². The summed E-state index contributed by atoms with van der Waals surface area (Å²) in [5.74, 6) is -5.34. The van der Waals surface area contributed by atoms with Crippen LogP contribution < -0.4 is 0 Å². The van der Waals surface area contributed by atoms with Crippen LogP contribution in [-0.4, -0.2) is 5.78 Å². The topological polar surface area (TPSA) is 17.1 Å². The average Bonchev–Trinajstić information content (AvgIpc) is 2.36. The zero-order valence-electron chi connectivity index (χ0n) is 9.18. The Morgan fingerprint density at radius 2 is 1.47 bits per heavy atom. The Bertz CT molecular complexity index is 670. The minimum Gasteiger partial charge on any atom is -0.288 e. The fraction of sp³-hybridized carbons (Fsp3) is 0. The molecule has 0 fully saturated rings. The molecule has 0 N–H and O–H groups in total. The predicted octanol–water partition coefficient (Wildman–Crippen LogP) is 4.24. The molecular weight excluding hydrogens is 328 g/mol. The van der Waals surface area contributed by atoms with Crippen LogP contribution in [0.1, 0.15) is 15.9 Å². The first-order chi connectivity index (χ1) is 8.90. The van der Waals surface area contributed by atoms with Gasteiger partial charge in [-0.25, -0.2) is 17.6 Å². The Hall–Kier alpha value is -1.69. The molecule has 0 heterocycles. The van der Waals surface area contributed by atoms with Crippen molar-refractivity contribution in [2.45, 2.75) is 0 Å². The Labute approximate surface area is 114 Å². The minimum atomic E-state index is -1.38. The van der Waals surface area contributed by atoms with Crippen molar-refractivity contribution in [1.29, 1.82) is 0 Å². The van der Waals surface area contributed by atoms with Gasteiger partial charge in [-0.2, -0.15) is 0 Å². The van der Waals surface area contributed by atoms with E-state index < -0.39 is 34.6 Å². The third kappa shape index (κ3) is 2.68. The number of halogens is 5. The van der Waals surface area contributed by atoms with E-state index in [1.807, 2.05) is 0 Å². The van der Waals surface area contributed by atoms with E-state index in [4.69, 9.17) is 0 Å². The molecule has 0 aromatic heterocycles. The average molecular weight is 333 g/mol. The maximum Gasteiger partial charge on any atom is 0.196 e. The lowest BCUT2D eigenvalue weighted by Crippen LogP contribution is -2.06. The summed E-state index contributed by atoms with van der Waals surface area (Å²) in [6.07, 6.45) is 0. The van der Waals surface area contributed by atoms with E-state index in [0.29, 0.717) is 12.1 Å². The van der Waals surface area contributed by atoms with Gasteiger partial charge in [0, 0.05) is 11.6 Å². The van der Waals surface area contributed by atoms with E-state index in [-0.39, 0.29) is 10.0 Å². The van der Waals surface area contributed by atoms with Crippen molar-refractivity contribution < 1.29 is 22.4 Å². The van der Waals surface area contributed by atoms with Crippen molar-refractivity contribution in [2.24, 2.45) is 0 Å². The maximum atomic E-state index is 13.4. The fourth-order valence-electron chi connectivity index (χ4n) is 1.49. The molecular formula is C13H5BrF4O. The smallest absolute Gasteiger partial charge is 0.196 e. The Balaban J connectivity index is 2.49. The normalized spacial score (nSPS) is 10.6. The highest BCUT2D eigenvalue weighted by Crippen LogP contribution is 2.21. The van der Waals surface area contributed by atoms with Crippen molar-refractivity contribution in [1.82, 2.24) is 0 Å². The lowest BCUT2D eigenvalue weighted by molar-refractivity contribution is 0.103. The van der Waals surface area contributed by atoms with Crippen LogP contribution >= 0.6 is 15.9 Å². The molecule has 0 saturated carbocycles. The second-order valence-electron chi connectivity index (χ2n) is 3.70. The number of carbonyl (C=O) groups is 1. The highest BCUT2D eigenvalue weighted by molar-refractivity contribution is 9.10. The van der Waals surface area contributed by atoms with Gasteiger partial charge in [0.25, 0.3) is 0 Å². The number of benzene rings is 2. The van der Waals surface area contributed by atoms with E-state index in [9.17, 15) is 22.4 Å². The van der Waals surface area contributed by atoms with Crippen LogP contribution in [0.2, 0.25) is 0 Å². The molecule has 0 unspecified atom stereocenters. The Morgan fingerprint density at radius 1 is 0.842 bits per heavy atom. The summed E-state index contributed by atoms with van der Waals surface area (Å²) in [4.78, 5) is 11.9. The molecule has 0 radical (unpaired) electrons. The van der Waals surface area contributed by atoms with Crippen LogP contribution in [0.5, 0.6) is 0 Å². The molecule has 0 bridgehead atoms. The van der Waals surface area contributed by atoms with Gasteiger partial charge in [-0.3, -0.25) is 4.79 Å². The summed E-state index contributed by atoms with van der Waals surface area (Å²) < 4.78 is 52.2. The van der Waals surface area contributed by atoms with E-state index in [1.165, 1.54) is 0 Å². The van der Waals surface area contributed by atoms with Gasteiger partial charge in [-0.1, -0.05) is 0 Å². The van der Waals surface area contributed by atoms with Crippen molar-refractivity contribution in [2.75, 3.05) is 0 Å². The van der Waals surface area contributed by atoms with Gasteiger partial charge in [0.1, 0.15) is 11.6 Å². The number of rotatable bonds is 2. The van der Waals surface area contributed by atoms with Gasteiger partial charge in [0.2, 0.25) is 0 Å².